The van der Waals surface area contributed by atoms with Gasteiger partial charge in [0, 0.05) is 18.3 Å². The SMILES string of the molecule is CC/C=C(\CC)NC(C(=O)NC(C)CN(C)C)C(C)C. The molecule has 0 bridgehead atoms. The Morgan fingerprint density at radius 2 is 1.75 bits per heavy atom. The summed E-state index contributed by atoms with van der Waals surface area (Å²) in [6, 6.07) is -0.0156. The molecule has 2 atom stereocenters. The van der Waals surface area contributed by atoms with Crippen molar-refractivity contribution in [2.24, 2.45) is 5.92 Å². The molecule has 2 N–H and O–H groups in total. The molecule has 118 valence electrons. The van der Waals surface area contributed by atoms with Crippen molar-refractivity contribution in [3.05, 3.63) is 11.8 Å². The highest BCUT2D eigenvalue weighted by Gasteiger charge is 2.23. The first-order valence-corrected chi connectivity index (χ1v) is 7.72. The molecule has 0 saturated carbocycles. The highest BCUT2D eigenvalue weighted by atomic mass is 16.2. The molecule has 4 heteroatoms. The van der Waals surface area contributed by atoms with E-state index in [0.29, 0.717) is 0 Å². The molecule has 0 rings (SSSR count). The minimum absolute atomic E-state index is 0.0878. The Balaban J connectivity index is 4.66. The summed E-state index contributed by atoms with van der Waals surface area (Å²) < 4.78 is 0. The fourth-order valence-corrected chi connectivity index (χ4v) is 2.21. The van der Waals surface area contributed by atoms with Gasteiger partial charge in [-0.25, -0.2) is 0 Å². The number of rotatable bonds is 9. The molecule has 0 heterocycles. The molecule has 0 aromatic rings. The van der Waals surface area contributed by atoms with Gasteiger partial charge in [-0.15, -0.1) is 0 Å². The van der Waals surface area contributed by atoms with Crippen molar-refractivity contribution < 1.29 is 4.79 Å². The summed E-state index contributed by atoms with van der Waals surface area (Å²) in [5.74, 6) is 0.346. The molecule has 0 fully saturated rings. The van der Waals surface area contributed by atoms with Crippen LogP contribution in [0.2, 0.25) is 0 Å². The molecule has 0 aromatic heterocycles. The monoisotopic (exact) mass is 283 g/mol. The van der Waals surface area contributed by atoms with Crippen LogP contribution in [0.5, 0.6) is 0 Å². The number of nitrogens with zero attached hydrogens (tertiary/aromatic N) is 1. The molecule has 0 aliphatic rings. The Kier molecular flexibility index (Phi) is 9.30. The first-order chi connectivity index (χ1) is 9.31. The molecule has 0 aliphatic carbocycles. The van der Waals surface area contributed by atoms with E-state index >= 15 is 0 Å². The summed E-state index contributed by atoms with van der Waals surface area (Å²) in [6.07, 6.45) is 4.07. The molecular weight excluding hydrogens is 250 g/mol. The maximum Gasteiger partial charge on any atom is 0.243 e. The van der Waals surface area contributed by atoms with Gasteiger partial charge >= 0.3 is 0 Å². The average molecular weight is 283 g/mol. The number of carbonyl (C=O) groups excluding carboxylic acids is 1. The van der Waals surface area contributed by atoms with Gasteiger partial charge < -0.3 is 15.5 Å². The normalized spacial score (nSPS) is 15.3. The van der Waals surface area contributed by atoms with Crippen LogP contribution >= 0.6 is 0 Å². The maximum absolute atomic E-state index is 12.4. The lowest BCUT2D eigenvalue weighted by molar-refractivity contribution is -0.124. The fourth-order valence-electron chi connectivity index (χ4n) is 2.21. The van der Waals surface area contributed by atoms with Crippen LogP contribution in [-0.2, 0) is 4.79 Å². The van der Waals surface area contributed by atoms with Crippen molar-refractivity contribution in [1.29, 1.82) is 0 Å². The van der Waals surface area contributed by atoms with Gasteiger partial charge in [0.25, 0.3) is 0 Å². The molecule has 0 radical (unpaired) electrons. The third-order valence-corrected chi connectivity index (χ3v) is 3.15. The van der Waals surface area contributed by atoms with Crippen LogP contribution in [0.1, 0.15) is 47.5 Å². The topological polar surface area (TPSA) is 44.4 Å². The number of carbonyl (C=O) groups is 1. The van der Waals surface area contributed by atoms with Gasteiger partial charge in [0.05, 0.1) is 0 Å². The lowest BCUT2D eigenvalue weighted by Gasteiger charge is -2.27. The zero-order valence-corrected chi connectivity index (χ0v) is 14.3. The van der Waals surface area contributed by atoms with Crippen LogP contribution in [0.15, 0.2) is 11.8 Å². The Labute approximate surface area is 125 Å². The van der Waals surface area contributed by atoms with Crippen molar-refractivity contribution >= 4 is 5.91 Å². The molecule has 0 aliphatic heterocycles. The summed E-state index contributed by atoms with van der Waals surface area (Å²) in [6.45, 7) is 11.3. The van der Waals surface area contributed by atoms with Gasteiger partial charge in [0.2, 0.25) is 5.91 Å². The van der Waals surface area contributed by atoms with Crippen LogP contribution in [0.3, 0.4) is 0 Å². The average Bonchev–Trinajstić information content (AvgIpc) is 2.32. The molecule has 0 aromatic carbocycles. The van der Waals surface area contributed by atoms with Crippen LogP contribution in [-0.4, -0.2) is 43.5 Å². The summed E-state index contributed by atoms with van der Waals surface area (Å²) in [4.78, 5) is 14.5. The smallest absolute Gasteiger partial charge is 0.243 e. The van der Waals surface area contributed by atoms with Crippen LogP contribution in [0.25, 0.3) is 0 Å². The van der Waals surface area contributed by atoms with E-state index in [1.54, 1.807) is 0 Å². The van der Waals surface area contributed by atoms with Crippen molar-refractivity contribution in [3.63, 3.8) is 0 Å². The highest BCUT2D eigenvalue weighted by molar-refractivity contribution is 5.82. The number of allylic oxidation sites excluding steroid dienone is 2. The molecular formula is C16H33N3O. The highest BCUT2D eigenvalue weighted by Crippen LogP contribution is 2.08. The predicted molar refractivity (Wildman–Crippen MR) is 86.6 cm³/mol. The summed E-state index contributed by atoms with van der Waals surface area (Å²) in [5, 5.41) is 6.49. The van der Waals surface area contributed by atoms with Crippen LogP contribution in [0.4, 0.5) is 0 Å². The van der Waals surface area contributed by atoms with Crippen molar-refractivity contribution in [2.45, 2.75) is 59.5 Å². The minimum atomic E-state index is -0.169. The van der Waals surface area contributed by atoms with Crippen LogP contribution in [0, 0.1) is 5.92 Å². The van der Waals surface area contributed by atoms with E-state index in [-0.39, 0.29) is 23.9 Å². The number of amides is 1. The van der Waals surface area contributed by atoms with E-state index in [9.17, 15) is 4.79 Å². The molecule has 20 heavy (non-hydrogen) atoms. The van der Waals surface area contributed by atoms with E-state index in [0.717, 1.165) is 25.1 Å². The quantitative estimate of drug-likeness (QED) is 0.683. The predicted octanol–water partition coefficient (Wildman–Crippen LogP) is 2.37. The summed E-state index contributed by atoms with van der Waals surface area (Å²) in [5.41, 5.74) is 1.15. The van der Waals surface area contributed by atoms with Gasteiger partial charge in [-0.3, -0.25) is 4.79 Å². The number of hydrogen-bond acceptors (Lipinski definition) is 3. The lowest BCUT2D eigenvalue weighted by atomic mass is 10.0. The summed E-state index contributed by atoms with van der Waals surface area (Å²) in [7, 11) is 4.03. The summed E-state index contributed by atoms with van der Waals surface area (Å²) >= 11 is 0. The van der Waals surface area contributed by atoms with Gasteiger partial charge in [0.15, 0.2) is 0 Å². The van der Waals surface area contributed by atoms with Gasteiger partial charge in [-0.1, -0.05) is 33.8 Å². The van der Waals surface area contributed by atoms with Gasteiger partial charge in [-0.05, 0) is 39.8 Å². The zero-order chi connectivity index (χ0) is 15.7. The van der Waals surface area contributed by atoms with E-state index < -0.39 is 0 Å². The van der Waals surface area contributed by atoms with Crippen molar-refractivity contribution in [2.75, 3.05) is 20.6 Å². The maximum atomic E-state index is 12.4. The minimum Gasteiger partial charge on any atom is -0.377 e. The van der Waals surface area contributed by atoms with Crippen molar-refractivity contribution in [1.82, 2.24) is 15.5 Å². The Hall–Kier alpha value is -1.03. The second-order valence-electron chi connectivity index (χ2n) is 6.03. The lowest BCUT2D eigenvalue weighted by Crippen LogP contribution is -2.51. The van der Waals surface area contributed by atoms with E-state index in [1.165, 1.54) is 0 Å². The van der Waals surface area contributed by atoms with Crippen LogP contribution < -0.4 is 10.6 Å². The second-order valence-corrected chi connectivity index (χ2v) is 6.03. The Morgan fingerprint density at radius 3 is 2.15 bits per heavy atom. The van der Waals surface area contributed by atoms with E-state index in [1.807, 2.05) is 21.0 Å². The molecule has 0 saturated heterocycles. The standard InChI is InChI=1S/C16H33N3O/c1-8-10-14(9-2)18-15(12(3)4)16(20)17-13(5)11-19(6)7/h10,12-13,15,18H,8-9,11H2,1-7H3,(H,17,20)/b14-10+. The molecule has 2 unspecified atom stereocenters. The number of nitrogens with one attached hydrogen (secondary N) is 2. The first-order valence-electron chi connectivity index (χ1n) is 7.72. The van der Waals surface area contributed by atoms with E-state index in [2.05, 4.69) is 49.3 Å². The van der Waals surface area contributed by atoms with Gasteiger partial charge in [0.1, 0.15) is 6.04 Å². The Morgan fingerprint density at radius 1 is 1.15 bits per heavy atom. The van der Waals surface area contributed by atoms with Gasteiger partial charge in [-0.2, -0.15) is 0 Å². The fraction of sp³-hybridized carbons (Fsp3) is 0.812. The zero-order valence-electron chi connectivity index (χ0n) is 14.3. The molecule has 1 amide bonds. The first kappa shape index (κ1) is 19.0. The number of hydrogen-bond donors (Lipinski definition) is 2. The number of likely N-dealkylation sites (N-methyl/N-ethyl adjacent to an activating group) is 1. The largest absolute Gasteiger partial charge is 0.377 e. The van der Waals surface area contributed by atoms with Crippen molar-refractivity contribution in [3.8, 4) is 0 Å². The van der Waals surface area contributed by atoms with E-state index in [4.69, 9.17) is 0 Å². The molecule has 0 spiro atoms. The second kappa shape index (κ2) is 9.81. The third kappa shape index (κ3) is 7.53. The Bertz CT molecular complexity index is 311. The third-order valence-electron chi connectivity index (χ3n) is 3.15. The molecule has 4 nitrogen and oxygen atoms in total.